The SMILES string of the molecule is [B]c1ccc(Oc2ccc(Br)cc2)c2ccccc12. The predicted molar refractivity (Wildman–Crippen MR) is 83.6 cm³/mol. The number of benzene rings is 3. The molecular weight excluding hydrogens is 299 g/mol. The van der Waals surface area contributed by atoms with Crippen LogP contribution in [-0.4, -0.2) is 7.85 Å². The monoisotopic (exact) mass is 308 g/mol. The fraction of sp³-hybridized carbons (Fsp3) is 0. The minimum atomic E-state index is 0.763. The molecule has 0 unspecified atom stereocenters. The minimum absolute atomic E-state index is 0.763. The predicted octanol–water partition coefficient (Wildman–Crippen LogP) is 4.19. The molecule has 3 aromatic rings. The Labute approximate surface area is 121 Å². The lowest BCUT2D eigenvalue weighted by Gasteiger charge is -2.11. The molecule has 0 saturated carbocycles. The van der Waals surface area contributed by atoms with Crippen molar-refractivity contribution in [3.63, 3.8) is 0 Å². The van der Waals surface area contributed by atoms with Crippen molar-refractivity contribution >= 4 is 40.0 Å². The number of hydrogen-bond acceptors (Lipinski definition) is 1. The van der Waals surface area contributed by atoms with E-state index in [4.69, 9.17) is 12.6 Å². The van der Waals surface area contributed by atoms with E-state index in [9.17, 15) is 0 Å². The van der Waals surface area contributed by atoms with Crippen molar-refractivity contribution in [3.8, 4) is 11.5 Å². The molecule has 0 aromatic heterocycles. The van der Waals surface area contributed by atoms with Crippen molar-refractivity contribution in [1.29, 1.82) is 0 Å². The van der Waals surface area contributed by atoms with Gasteiger partial charge in [0.25, 0.3) is 0 Å². The Bertz CT molecular complexity index is 722. The van der Waals surface area contributed by atoms with E-state index in [-0.39, 0.29) is 0 Å². The van der Waals surface area contributed by atoms with E-state index >= 15 is 0 Å². The number of ether oxygens (including phenoxy) is 1. The van der Waals surface area contributed by atoms with Crippen molar-refractivity contribution in [2.75, 3.05) is 0 Å². The topological polar surface area (TPSA) is 9.23 Å². The van der Waals surface area contributed by atoms with Crippen molar-refractivity contribution in [2.45, 2.75) is 0 Å². The van der Waals surface area contributed by atoms with Gasteiger partial charge < -0.3 is 4.74 Å². The summed E-state index contributed by atoms with van der Waals surface area (Å²) in [6, 6.07) is 19.5. The largest absolute Gasteiger partial charge is 0.457 e. The number of rotatable bonds is 2. The second kappa shape index (κ2) is 5.10. The van der Waals surface area contributed by atoms with Gasteiger partial charge in [0, 0.05) is 9.86 Å². The summed E-state index contributed by atoms with van der Waals surface area (Å²) >= 11 is 3.41. The van der Waals surface area contributed by atoms with Gasteiger partial charge in [0.2, 0.25) is 0 Å². The van der Waals surface area contributed by atoms with E-state index in [2.05, 4.69) is 15.9 Å². The Balaban J connectivity index is 2.06. The van der Waals surface area contributed by atoms with Crippen LogP contribution in [0.3, 0.4) is 0 Å². The Morgan fingerprint density at radius 1 is 0.789 bits per heavy atom. The summed E-state index contributed by atoms with van der Waals surface area (Å²) in [6.07, 6.45) is 0. The molecule has 2 radical (unpaired) electrons. The number of halogens is 1. The van der Waals surface area contributed by atoms with Gasteiger partial charge in [-0.2, -0.15) is 0 Å². The zero-order chi connectivity index (χ0) is 13.2. The summed E-state index contributed by atoms with van der Waals surface area (Å²) in [5.74, 6) is 1.62. The molecule has 0 fully saturated rings. The van der Waals surface area contributed by atoms with Crippen LogP contribution >= 0.6 is 15.9 Å². The third-order valence-electron chi connectivity index (χ3n) is 2.96. The van der Waals surface area contributed by atoms with E-state index in [0.29, 0.717) is 0 Å². The zero-order valence-electron chi connectivity index (χ0n) is 10.1. The first-order valence-electron chi connectivity index (χ1n) is 5.95. The highest BCUT2D eigenvalue weighted by atomic mass is 79.9. The van der Waals surface area contributed by atoms with Gasteiger partial charge in [0.1, 0.15) is 19.3 Å². The molecule has 3 aromatic carbocycles. The van der Waals surface area contributed by atoms with Crippen molar-refractivity contribution in [2.24, 2.45) is 0 Å². The summed E-state index contributed by atoms with van der Waals surface area (Å²) in [6.45, 7) is 0. The molecule has 3 heteroatoms. The zero-order valence-corrected chi connectivity index (χ0v) is 11.7. The van der Waals surface area contributed by atoms with Crippen LogP contribution in [0.1, 0.15) is 0 Å². The molecule has 90 valence electrons. The molecule has 19 heavy (non-hydrogen) atoms. The Hall–Kier alpha value is -1.74. The molecule has 0 saturated heterocycles. The first-order valence-corrected chi connectivity index (χ1v) is 6.74. The van der Waals surface area contributed by atoms with E-state index in [1.807, 2.05) is 60.7 Å². The molecule has 0 spiro atoms. The van der Waals surface area contributed by atoms with Crippen LogP contribution in [0.15, 0.2) is 65.1 Å². The highest BCUT2D eigenvalue weighted by molar-refractivity contribution is 9.10. The third-order valence-corrected chi connectivity index (χ3v) is 3.49. The Kier molecular flexibility index (Phi) is 3.30. The standard InChI is InChI=1S/C16H10BBrO/c17-15-9-10-16(14-4-2-1-3-13(14)15)19-12-7-5-11(18)6-8-12/h1-10H. The van der Waals surface area contributed by atoms with Crippen LogP contribution in [-0.2, 0) is 0 Å². The summed E-state index contributed by atoms with van der Waals surface area (Å²) in [5.41, 5.74) is 0.763. The van der Waals surface area contributed by atoms with Gasteiger partial charge in [0.15, 0.2) is 0 Å². The van der Waals surface area contributed by atoms with Crippen molar-refractivity contribution < 1.29 is 4.74 Å². The van der Waals surface area contributed by atoms with Crippen LogP contribution in [0.4, 0.5) is 0 Å². The van der Waals surface area contributed by atoms with Gasteiger partial charge in [-0.25, -0.2) is 0 Å². The van der Waals surface area contributed by atoms with Gasteiger partial charge in [-0.1, -0.05) is 51.7 Å². The van der Waals surface area contributed by atoms with E-state index in [1.165, 1.54) is 0 Å². The van der Waals surface area contributed by atoms with Gasteiger partial charge >= 0.3 is 0 Å². The normalized spacial score (nSPS) is 10.6. The summed E-state index contributed by atoms with van der Waals surface area (Å²) in [5, 5.41) is 2.03. The van der Waals surface area contributed by atoms with Crippen LogP contribution in [0.2, 0.25) is 0 Å². The fourth-order valence-corrected chi connectivity index (χ4v) is 2.28. The Morgan fingerprint density at radius 2 is 1.47 bits per heavy atom. The first-order chi connectivity index (χ1) is 9.24. The Morgan fingerprint density at radius 3 is 2.21 bits per heavy atom. The maximum Gasteiger partial charge on any atom is 0.135 e. The van der Waals surface area contributed by atoms with E-state index in [1.54, 1.807) is 0 Å². The summed E-state index contributed by atoms with van der Waals surface area (Å²) in [4.78, 5) is 0. The highest BCUT2D eigenvalue weighted by Crippen LogP contribution is 2.29. The highest BCUT2D eigenvalue weighted by Gasteiger charge is 2.04. The molecule has 0 atom stereocenters. The van der Waals surface area contributed by atoms with Crippen LogP contribution in [0.25, 0.3) is 10.8 Å². The lowest BCUT2D eigenvalue weighted by molar-refractivity contribution is 0.488. The third kappa shape index (κ3) is 2.52. The molecule has 0 aliphatic heterocycles. The summed E-state index contributed by atoms with van der Waals surface area (Å²) < 4.78 is 6.95. The lowest BCUT2D eigenvalue weighted by atomic mass is 9.90. The molecule has 0 bridgehead atoms. The first kappa shape index (κ1) is 12.3. The number of hydrogen-bond donors (Lipinski definition) is 0. The second-order valence-corrected chi connectivity index (χ2v) is 5.17. The molecule has 0 heterocycles. The molecule has 0 amide bonds. The molecule has 0 aliphatic carbocycles. The minimum Gasteiger partial charge on any atom is -0.457 e. The van der Waals surface area contributed by atoms with E-state index in [0.717, 1.165) is 32.2 Å². The quantitative estimate of drug-likeness (QED) is 0.645. The van der Waals surface area contributed by atoms with Crippen molar-refractivity contribution in [1.82, 2.24) is 0 Å². The second-order valence-electron chi connectivity index (χ2n) is 4.25. The maximum absolute atomic E-state index is 5.98. The molecule has 1 nitrogen and oxygen atoms in total. The van der Waals surface area contributed by atoms with Crippen LogP contribution in [0, 0.1) is 0 Å². The van der Waals surface area contributed by atoms with Gasteiger partial charge in [-0.15, -0.1) is 0 Å². The molecule has 0 N–H and O–H groups in total. The van der Waals surface area contributed by atoms with Crippen molar-refractivity contribution in [3.05, 3.63) is 65.1 Å². The maximum atomic E-state index is 5.98. The number of fused-ring (bicyclic) bond motifs is 1. The lowest BCUT2D eigenvalue weighted by Crippen LogP contribution is -2.03. The van der Waals surface area contributed by atoms with Gasteiger partial charge in [0.05, 0.1) is 0 Å². The van der Waals surface area contributed by atoms with Gasteiger partial charge in [-0.05, 0) is 35.7 Å². The molecule has 3 rings (SSSR count). The molecule has 0 aliphatic rings. The summed E-state index contributed by atoms with van der Waals surface area (Å²) in [7, 11) is 5.98. The fourth-order valence-electron chi connectivity index (χ4n) is 2.01. The average Bonchev–Trinajstić information content (AvgIpc) is 2.45. The van der Waals surface area contributed by atoms with Crippen LogP contribution < -0.4 is 10.2 Å². The average molecular weight is 309 g/mol. The smallest absolute Gasteiger partial charge is 0.135 e. The molecular formula is C16H10BBrO. The van der Waals surface area contributed by atoms with Gasteiger partial charge in [-0.3, -0.25) is 0 Å². The van der Waals surface area contributed by atoms with E-state index < -0.39 is 0 Å². The van der Waals surface area contributed by atoms with Crippen LogP contribution in [0.5, 0.6) is 11.5 Å².